The Hall–Kier alpha value is -2.53. The Kier molecular flexibility index (Phi) is 6.00. The molecular formula is C17H16ClNO4. The third-order valence-electron chi connectivity index (χ3n) is 2.88. The van der Waals surface area contributed by atoms with Crippen LogP contribution >= 0.6 is 11.6 Å². The van der Waals surface area contributed by atoms with Crippen molar-refractivity contribution in [3.63, 3.8) is 0 Å². The number of benzene rings is 2. The number of carbonyl (C=O) groups is 2. The minimum atomic E-state index is -0.484. The van der Waals surface area contributed by atoms with E-state index in [0.29, 0.717) is 22.0 Å². The Balaban J connectivity index is 1.97. The summed E-state index contributed by atoms with van der Waals surface area (Å²) in [4.78, 5) is 23.8. The summed E-state index contributed by atoms with van der Waals surface area (Å²) in [6.07, 6.45) is 0. The predicted molar refractivity (Wildman–Crippen MR) is 88.0 cm³/mol. The quantitative estimate of drug-likeness (QED) is 0.821. The van der Waals surface area contributed by atoms with Crippen LogP contribution in [0.15, 0.2) is 48.5 Å². The van der Waals surface area contributed by atoms with Crippen LogP contribution in [0.5, 0.6) is 5.75 Å². The van der Waals surface area contributed by atoms with Crippen LogP contribution in [-0.2, 0) is 9.53 Å². The number of ether oxygens (including phenoxy) is 2. The van der Waals surface area contributed by atoms with Crippen molar-refractivity contribution in [1.29, 1.82) is 0 Å². The number of hydrogen-bond acceptors (Lipinski definition) is 4. The fourth-order valence-corrected chi connectivity index (χ4v) is 1.97. The molecule has 0 aliphatic rings. The smallest absolute Gasteiger partial charge is 0.340 e. The molecule has 1 amide bonds. The second-order valence-electron chi connectivity index (χ2n) is 4.56. The van der Waals surface area contributed by atoms with E-state index in [0.717, 1.165) is 0 Å². The first-order valence-corrected chi connectivity index (χ1v) is 7.42. The van der Waals surface area contributed by atoms with Crippen LogP contribution in [0.3, 0.4) is 0 Å². The van der Waals surface area contributed by atoms with Gasteiger partial charge in [-0.05, 0) is 43.3 Å². The van der Waals surface area contributed by atoms with Gasteiger partial charge in [-0.1, -0.05) is 23.7 Å². The lowest BCUT2D eigenvalue weighted by atomic mass is 10.2. The molecule has 0 unspecified atom stereocenters. The minimum Gasteiger partial charge on any atom is -0.484 e. The molecule has 2 aromatic carbocycles. The van der Waals surface area contributed by atoms with Crippen LogP contribution in [0.4, 0.5) is 5.69 Å². The SMILES string of the molecule is CCOC(=O)c1ccccc1NC(=O)COc1ccc(Cl)cc1. The highest BCUT2D eigenvalue weighted by Crippen LogP contribution is 2.17. The first-order valence-electron chi connectivity index (χ1n) is 7.04. The van der Waals surface area contributed by atoms with Crippen molar-refractivity contribution in [3.05, 3.63) is 59.1 Å². The van der Waals surface area contributed by atoms with Gasteiger partial charge in [-0.15, -0.1) is 0 Å². The maximum absolute atomic E-state index is 12.0. The highest BCUT2D eigenvalue weighted by atomic mass is 35.5. The number of nitrogens with one attached hydrogen (secondary N) is 1. The van der Waals surface area contributed by atoms with Gasteiger partial charge in [0, 0.05) is 5.02 Å². The number of rotatable bonds is 6. The molecule has 0 spiro atoms. The normalized spacial score (nSPS) is 10.0. The molecule has 0 fully saturated rings. The van der Waals surface area contributed by atoms with Crippen molar-refractivity contribution < 1.29 is 19.1 Å². The van der Waals surface area contributed by atoms with Crippen molar-refractivity contribution in [3.8, 4) is 5.75 Å². The third kappa shape index (κ3) is 5.00. The van der Waals surface area contributed by atoms with E-state index in [9.17, 15) is 9.59 Å². The van der Waals surface area contributed by atoms with Crippen molar-refractivity contribution in [2.45, 2.75) is 6.92 Å². The number of hydrogen-bond donors (Lipinski definition) is 1. The van der Waals surface area contributed by atoms with E-state index >= 15 is 0 Å². The van der Waals surface area contributed by atoms with Crippen LogP contribution in [0, 0.1) is 0 Å². The number of esters is 1. The van der Waals surface area contributed by atoms with Crippen molar-refractivity contribution >= 4 is 29.2 Å². The lowest BCUT2D eigenvalue weighted by Gasteiger charge is -2.11. The second-order valence-corrected chi connectivity index (χ2v) is 4.99. The van der Waals surface area contributed by atoms with Gasteiger partial charge in [0.05, 0.1) is 17.9 Å². The summed E-state index contributed by atoms with van der Waals surface area (Å²) in [5.41, 5.74) is 0.685. The van der Waals surface area contributed by atoms with Gasteiger partial charge < -0.3 is 14.8 Å². The molecule has 0 saturated carbocycles. The predicted octanol–water partition coefficient (Wildman–Crippen LogP) is 3.53. The lowest BCUT2D eigenvalue weighted by Crippen LogP contribution is -2.21. The van der Waals surface area contributed by atoms with Gasteiger partial charge in [0.25, 0.3) is 5.91 Å². The molecular weight excluding hydrogens is 318 g/mol. The zero-order chi connectivity index (χ0) is 16.7. The number of halogens is 1. The lowest BCUT2D eigenvalue weighted by molar-refractivity contribution is -0.118. The van der Waals surface area contributed by atoms with Crippen LogP contribution < -0.4 is 10.1 Å². The number of anilines is 1. The van der Waals surface area contributed by atoms with Crippen LogP contribution in [0.2, 0.25) is 5.02 Å². The molecule has 2 aromatic rings. The van der Waals surface area contributed by atoms with Gasteiger partial charge in [-0.25, -0.2) is 4.79 Å². The molecule has 0 heterocycles. The summed E-state index contributed by atoms with van der Waals surface area (Å²) in [6.45, 7) is 1.80. The molecule has 1 N–H and O–H groups in total. The molecule has 0 aliphatic heterocycles. The van der Waals surface area contributed by atoms with Crippen LogP contribution in [0.1, 0.15) is 17.3 Å². The topological polar surface area (TPSA) is 64.6 Å². The van der Waals surface area contributed by atoms with Gasteiger partial charge in [0.15, 0.2) is 6.61 Å². The van der Waals surface area contributed by atoms with E-state index in [1.807, 2.05) is 0 Å². The fraction of sp³-hybridized carbons (Fsp3) is 0.176. The summed E-state index contributed by atoms with van der Waals surface area (Å²) in [5, 5.41) is 3.23. The maximum atomic E-state index is 12.0. The fourth-order valence-electron chi connectivity index (χ4n) is 1.84. The second kappa shape index (κ2) is 8.19. The Morgan fingerprint density at radius 3 is 2.48 bits per heavy atom. The van der Waals surface area contributed by atoms with Crippen molar-refractivity contribution in [2.75, 3.05) is 18.5 Å². The molecule has 0 saturated heterocycles. The first kappa shape index (κ1) is 16.8. The number of carbonyl (C=O) groups excluding carboxylic acids is 2. The minimum absolute atomic E-state index is 0.182. The average Bonchev–Trinajstić information content (AvgIpc) is 2.55. The number of para-hydroxylation sites is 1. The monoisotopic (exact) mass is 333 g/mol. The zero-order valence-electron chi connectivity index (χ0n) is 12.5. The summed E-state index contributed by atoms with van der Waals surface area (Å²) in [6, 6.07) is 13.3. The Labute approximate surface area is 139 Å². The largest absolute Gasteiger partial charge is 0.484 e. The van der Waals surface area contributed by atoms with Crippen LogP contribution in [-0.4, -0.2) is 25.1 Å². The van der Waals surface area contributed by atoms with Gasteiger partial charge >= 0.3 is 5.97 Å². The molecule has 0 aromatic heterocycles. The number of amides is 1. The Morgan fingerprint density at radius 1 is 1.09 bits per heavy atom. The highest BCUT2D eigenvalue weighted by Gasteiger charge is 2.14. The molecule has 23 heavy (non-hydrogen) atoms. The molecule has 0 atom stereocenters. The Morgan fingerprint density at radius 2 is 1.78 bits per heavy atom. The van der Waals surface area contributed by atoms with E-state index in [-0.39, 0.29) is 19.1 Å². The summed E-state index contributed by atoms with van der Waals surface area (Å²) >= 11 is 5.78. The summed E-state index contributed by atoms with van der Waals surface area (Å²) in [7, 11) is 0. The molecule has 0 aliphatic carbocycles. The molecule has 6 heteroatoms. The van der Waals surface area contributed by atoms with Gasteiger partial charge in [0.1, 0.15) is 5.75 Å². The molecule has 120 valence electrons. The van der Waals surface area contributed by atoms with E-state index < -0.39 is 5.97 Å². The van der Waals surface area contributed by atoms with E-state index in [2.05, 4.69) is 5.32 Å². The van der Waals surface area contributed by atoms with Gasteiger partial charge in [-0.2, -0.15) is 0 Å². The molecule has 0 radical (unpaired) electrons. The van der Waals surface area contributed by atoms with Crippen LogP contribution in [0.25, 0.3) is 0 Å². The standard InChI is InChI=1S/C17H16ClNO4/c1-2-22-17(21)14-5-3-4-6-15(14)19-16(20)11-23-13-9-7-12(18)8-10-13/h3-10H,2,11H2,1H3,(H,19,20). The van der Waals surface area contributed by atoms with Gasteiger partial charge in [0.2, 0.25) is 0 Å². The third-order valence-corrected chi connectivity index (χ3v) is 3.13. The molecule has 5 nitrogen and oxygen atoms in total. The average molecular weight is 334 g/mol. The Bertz CT molecular complexity index is 685. The summed E-state index contributed by atoms with van der Waals surface area (Å²) in [5.74, 6) is -0.332. The first-order chi connectivity index (χ1) is 11.1. The van der Waals surface area contributed by atoms with E-state index in [1.54, 1.807) is 55.5 Å². The maximum Gasteiger partial charge on any atom is 0.340 e. The van der Waals surface area contributed by atoms with E-state index in [1.165, 1.54) is 0 Å². The molecule has 0 bridgehead atoms. The highest BCUT2D eigenvalue weighted by molar-refractivity contribution is 6.30. The van der Waals surface area contributed by atoms with Gasteiger partial charge in [-0.3, -0.25) is 4.79 Å². The zero-order valence-corrected chi connectivity index (χ0v) is 13.3. The summed E-state index contributed by atoms with van der Waals surface area (Å²) < 4.78 is 10.3. The van der Waals surface area contributed by atoms with Crippen molar-refractivity contribution in [2.24, 2.45) is 0 Å². The van der Waals surface area contributed by atoms with Crippen molar-refractivity contribution in [1.82, 2.24) is 0 Å². The van der Waals surface area contributed by atoms with E-state index in [4.69, 9.17) is 21.1 Å². The molecule has 2 rings (SSSR count).